The van der Waals surface area contributed by atoms with E-state index in [4.69, 9.17) is 9.47 Å². The predicted molar refractivity (Wildman–Crippen MR) is 98.2 cm³/mol. The molecular weight excluding hydrogens is 328 g/mol. The zero-order valence-corrected chi connectivity index (χ0v) is 17.0. The van der Waals surface area contributed by atoms with Gasteiger partial charge in [0.05, 0.1) is 12.5 Å². The van der Waals surface area contributed by atoms with Crippen molar-refractivity contribution in [3.8, 4) is 0 Å². The molecule has 0 aromatic rings. The highest BCUT2D eigenvalue weighted by atomic mass is 16.5. The number of carbonyl (C=O) groups is 2. The van der Waals surface area contributed by atoms with Crippen LogP contribution in [-0.2, 0) is 19.1 Å². The lowest BCUT2D eigenvalue weighted by Gasteiger charge is -2.66. The molecule has 0 bridgehead atoms. The molecule has 0 aromatic heterocycles. The Morgan fingerprint density at radius 3 is 2.54 bits per heavy atom. The Kier molecular flexibility index (Phi) is 4.03. The number of hydrogen-bond acceptors (Lipinski definition) is 4. The normalized spacial score (nSPS) is 49.4. The second-order valence-electron chi connectivity index (χ2n) is 10.6. The van der Waals surface area contributed by atoms with Crippen LogP contribution in [-0.4, -0.2) is 24.6 Å². The molecule has 0 N–H and O–H groups in total. The first kappa shape index (κ1) is 18.3. The number of hydrogen-bond donors (Lipinski definition) is 0. The van der Waals surface area contributed by atoms with Gasteiger partial charge in [-0.1, -0.05) is 34.1 Å². The van der Waals surface area contributed by atoms with Gasteiger partial charge in [-0.15, -0.1) is 0 Å². The summed E-state index contributed by atoms with van der Waals surface area (Å²) in [6.07, 6.45) is 6.52. The van der Waals surface area contributed by atoms with Crippen LogP contribution in [0.25, 0.3) is 0 Å². The van der Waals surface area contributed by atoms with Crippen LogP contribution in [0.4, 0.5) is 0 Å². The van der Waals surface area contributed by atoms with Crippen LogP contribution in [0.2, 0.25) is 0 Å². The maximum Gasteiger partial charge on any atom is 0.309 e. The number of carbonyl (C=O) groups excluding carboxylic acids is 2. The van der Waals surface area contributed by atoms with E-state index in [0.717, 1.165) is 6.42 Å². The summed E-state index contributed by atoms with van der Waals surface area (Å²) in [5.41, 5.74) is 0.493. The fraction of sp³-hybridized carbons (Fsp3) is 0.909. The molecule has 146 valence electrons. The lowest BCUT2D eigenvalue weighted by atomic mass is 9.38. The smallest absolute Gasteiger partial charge is 0.309 e. The van der Waals surface area contributed by atoms with Gasteiger partial charge in [0.15, 0.2) is 0 Å². The number of rotatable bonds is 1. The Labute approximate surface area is 157 Å². The third-order valence-electron chi connectivity index (χ3n) is 8.88. The highest BCUT2D eigenvalue weighted by Gasteiger charge is 2.67. The molecule has 4 heteroatoms. The second-order valence-corrected chi connectivity index (χ2v) is 10.6. The van der Waals surface area contributed by atoms with Gasteiger partial charge in [-0.3, -0.25) is 9.59 Å². The molecule has 4 rings (SSSR count). The zero-order chi connectivity index (χ0) is 18.9. The monoisotopic (exact) mass is 362 g/mol. The Hall–Kier alpha value is -1.06. The van der Waals surface area contributed by atoms with Gasteiger partial charge in [-0.05, 0) is 54.3 Å². The van der Waals surface area contributed by atoms with Gasteiger partial charge in [-0.2, -0.15) is 0 Å². The van der Waals surface area contributed by atoms with Gasteiger partial charge in [0.25, 0.3) is 0 Å². The molecule has 0 amide bonds. The van der Waals surface area contributed by atoms with E-state index in [-0.39, 0.29) is 40.7 Å². The third-order valence-corrected chi connectivity index (χ3v) is 8.88. The molecule has 1 saturated heterocycles. The molecular formula is C22H34O4. The van der Waals surface area contributed by atoms with Crippen LogP contribution in [0.3, 0.4) is 0 Å². The number of cyclic esters (lactones) is 1. The van der Waals surface area contributed by atoms with Crippen molar-refractivity contribution in [1.82, 2.24) is 0 Å². The maximum atomic E-state index is 12.4. The molecule has 0 radical (unpaired) electrons. The SMILES string of the molecule is CC(=O)OC1CC2C(=O)OCC2C2(C)CCC3C(C)(C)CCCC3(C)C12. The van der Waals surface area contributed by atoms with Crippen LogP contribution in [0.15, 0.2) is 0 Å². The molecule has 3 saturated carbocycles. The van der Waals surface area contributed by atoms with Crippen molar-refractivity contribution in [2.45, 2.75) is 79.2 Å². The average molecular weight is 363 g/mol. The van der Waals surface area contributed by atoms with E-state index in [1.807, 2.05) is 0 Å². The van der Waals surface area contributed by atoms with Crippen molar-refractivity contribution in [3.05, 3.63) is 0 Å². The van der Waals surface area contributed by atoms with E-state index in [0.29, 0.717) is 30.3 Å². The van der Waals surface area contributed by atoms with Gasteiger partial charge < -0.3 is 9.47 Å². The van der Waals surface area contributed by atoms with Crippen molar-refractivity contribution in [2.75, 3.05) is 6.61 Å². The Bertz CT molecular complexity index is 626. The summed E-state index contributed by atoms with van der Waals surface area (Å²) in [5.74, 6) is 0.834. The van der Waals surface area contributed by atoms with Gasteiger partial charge in [0.2, 0.25) is 0 Å². The molecule has 0 aromatic carbocycles. The number of esters is 2. The van der Waals surface area contributed by atoms with Crippen molar-refractivity contribution in [1.29, 1.82) is 0 Å². The van der Waals surface area contributed by atoms with E-state index in [1.54, 1.807) is 0 Å². The van der Waals surface area contributed by atoms with E-state index in [1.165, 1.54) is 32.6 Å². The average Bonchev–Trinajstić information content (AvgIpc) is 2.87. The number of ether oxygens (including phenoxy) is 2. The quantitative estimate of drug-likeness (QED) is 0.650. The summed E-state index contributed by atoms with van der Waals surface area (Å²) in [4.78, 5) is 24.3. The maximum absolute atomic E-state index is 12.4. The molecule has 4 fully saturated rings. The van der Waals surface area contributed by atoms with Crippen LogP contribution in [0.5, 0.6) is 0 Å². The van der Waals surface area contributed by atoms with Gasteiger partial charge in [-0.25, -0.2) is 0 Å². The Balaban J connectivity index is 1.79. The summed E-state index contributed by atoms with van der Waals surface area (Å²) in [5, 5.41) is 0. The van der Waals surface area contributed by atoms with Crippen LogP contribution < -0.4 is 0 Å². The van der Waals surface area contributed by atoms with E-state index < -0.39 is 0 Å². The number of fused-ring (bicyclic) bond motifs is 5. The van der Waals surface area contributed by atoms with E-state index in [2.05, 4.69) is 27.7 Å². The van der Waals surface area contributed by atoms with Gasteiger partial charge in [0.1, 0.15) is 6.10 Å². The topological polar surface area (TPSA) is 52.6 Å². The molecule has 4 aliphatic rings. The molecule has 0 spiro atoms. The minimum atomic E-state index is -0.219. The van der Waals surface area contributed by atoms with Crippen LogP contribution in [0, 0.1) is 39.9 Å². The molecule has 26 heavy (non-hydrogen) atoms. The van der Waals surface area contributed by atoms with Gasteiger partial charge in [0, 0.05) is 18.8 Å². The summed E-state index contributed by atoms with van der Waals surface area (Å²) < 4.78 is 11.4. The summed E-state index contributed by atoms with van der Waals surface area (Å²) >= 11 is 0. The minimum Gasteiger partial charge on any atom is -0.465 e. The predicted octanol–water partition coefficient (Wildman–Crippen LogP) is 4.36. The molecule has 1 heterocycles. The fourth-order valence-electron chi connectivity index (χ4n) is 8.07. The largest absolute Gasteiger partial charge is 0.465 e. The second kappa shape index (κ2) is 5.72. The lowest BCUT2D eigenvalue weighted by Crippen LogP contribution is -2.64. The third kappa shape index (κ3) is 2.39. The molecule has 3 aliphatic carbocycles. The highest BCUT2D eigenvalue weighted by Crippen LogP contribution is 2.70. The summed E-state index contributed by atoms with van der Waals surface area (Å²) in [6.45, 7) is 11.7. The van der Waals surface area contributed by atoms with Crippen molar-refractivity contribution in [3.63, 3.8) is 0 Å². The molecule has 1 aliphatic heterocycles. The Morgan fingerprint density at radius 2 is 1.85 bits per heavy atom. The van der Waals surface area contributed by atoms with Crippen LogP contribution >= 0.6 is 0 Å². The Morgan fingerprint density at radius 1 is 1.12 bits per heavy atom. The summed E-state index contributed by atoms with van der Waals surface area (Å²) in [6, 6.07) is 0. The van der Waals surface area contributed by atoms with Crippen molar-refractivity contribution >= 4 is 11.9 Å². The molecule has 4 nitrogen and oxygen atoms in total. The first-order valence-electron chi connectivity index (χ1n) is 10.4. The minimum absolute atomic E-state index is 0.00780. The molecule has 7 unspecified atom stereocenters. The van der Waals surface area contributed by atoms with Crippen LogP contribution in [0.1, 0.15) is 73.1 Å². The zero-order valence-electron chi connectivity index (χ0n) is 17.0. The fourth-order valence-corrected chi connectivity index (χ4v) is 8.07. The van der Waals surface area contributed by atoms with Crippen molar-refractivity contribution < 1.29 is 19.1 Å². The lowest BCUT2D eigenvalue weighted by molar-refractivity contribution is -0.219. The summed E-state index contributed by atoms with van der Waals surface area (Å²) in [7, 11) is 0. The van der Waals surface area contributed by atoms with E-state index in [9.17, 15) is 9.59 Å². The van der Waals surface area contributed by atoms with Gasteiger partial charge >= 0.3 is 11.9 Å². The molecule has 7 atom stereocenters. The first-order chi connectivity index (χ1) is 12.1. The highest BCUT2D eigenvalue weighted by molar-refractivity contribution is 5.75. The first-order valence-corrected chi connectivity index (χ1v) is 10.4. The standard InChI is InChI=1S/C22H34O4/c1-13(23)26-16-11-14-15(12-25-19(14)24)21(4)10-7-17-20(2,3)8-6-9-22(17,5)18(16)21/h14-18H,6-12H2,1-5H3. The van der Waals surface area contributed by atoms with E-state index >= 15 is 0 Å². The van der Waals surface area contributed by atoms with Crippen molar-refractivity contribution in [2.24, 2.45) is 39.9 Å².